The maximum Gasteiger partial charge on any atom is 0.259 e. The first-order valence-corrected chi connectivity index (χ1v) is 10.2. The fourth-order valence-electron chi connectivity index (χ4n) is 4.38. The van der Waals surface area contributed by atoms with Crippen molar-refractivity contribution in [3.05, 3.63) is 48.3 Å². The monoisotopic (exact) mass is 392 g/mol. The number of nitrogens with zero attached hydrogens (tertiary/aromatic N) is 6. The van der Waals surface area contributed by atoms with Gasteiger partial charge in [-0.05, 0) is 37.3 Å². The molecule has 0 spiro atoms. The Kier molecular flexibility index (Phi) is 4.41. The van der Waals surface area contributed by atoms with Gasteiger partial charge in [0.25, 0.3) is 11.8 Å². The Bertz CT molecular complexity index is 1010. The van der Waals surface area contributed by atoms with Gasteiger partial charge in [0, 0.05) is 38.7 Å². The molecule has 2 aliphatic rings. The zero-order valence-electron chi connectivity index (χ0n) is 16.5. The van der Waals surface area contributed by atoms with Gasteiger partial charge in [0.1, 0.15) is 0 Å². The molecule has 5 rings (SSSR count). The van der Waals surface area contributed by atoms with Crippen LogP contribution in [0.5, 0.6) is 0 Å². The molecule has 1 amide bonds. The fourth-order valence-corrected chi connectivity index (χ4v) is 4.38. The first-order valence-electron chi connectivity index (χ1n) is 10.2. The van der Waals surface area contributed by atoms with Crippen molar-refractivity contribution in [2.45, 2.75) is 37.5 Å². The van der Waals surface area contributed by atoms with E-state index in [0.29, 0.717) is 29.7 Å². The Hall–Kier alpha value is -3.03. The van der Waals surface area contributed by atoms with E-state index < -0.39 is 0 Å². The van der Waals surface area contributed by atoms with Gasteiger partial charge < -0.3 is 9.42 Å². The van der Waals surface area contributed by atoms with Crippen molar-refractivity contribution in [2.75, 3.05) is 13.1 Å². The molecule has 1 unspecified atom stereocenters. The molecule has 4 heterocycles. The number of carbonyl (C=O) groups excluding carboxylic acids is 1. The molecule has 1 aliphatic carbocycles. The second-order valence-corrected chi connectivity index (χ2v) is 8.33. The minimum absolute atomic E-state index is 0.0222. The Balaban J connectivity index is 1.45. The normalized spacial score (nSPS) is 22.0. The summed E-state index contributed by atoms with van der Waals surface area (Å²) in [5.41, 5.74) is 1.17. The zero-order chi connectivity index (χ0) is 19.8. The van der Waals surface area contributed by atoms with Crippen LogP contribution < -0.4 is 0 Å². The number of carbonyl (C=O) groups is 1. The van der Waals surface area contributed by atoms with Crippen LogP contribution in [0.1, 0.15) is 48.3 Å². The molecule has 150 valence electrons. The van der Waals surface area contributed by atoms with E-state index in [-0.39, 0.29) is 11.3 Å². The molecule has 0 bridgehead atoms. The third kappa shape index (κ3) is 3.54. The minimum Gasteiger partial charge on any atom is -0.338 e. The van der Waals surface area contributed by atoms with Crippen molar-refractivity contribution < 1.29 is 9.32 Å². The first kappa shape index (κ1) is 18.0. The summed E-state index contributed by atoms with van der Waals surface area (Å²) in [4.78, 5) is 23.9. The zero-order valence-corrected chi connectivity index (χ0v) is 16.5. The molecule has 0 radical (unpaired) electrons. The van der Waals surface area contributed by atoms with Crippen molar-refractivity contribution in [3.8, 4) is 11.5 Å². The van der Waals surface area contributed by atoms with Crippen LogP contribution in [-0.4, -0.2) is 48.8 Å². The quantitative estimate of drug-likeness (QED) is 0.663. The molecule has 1 atom stereocenters. The number of aryl methyl sites for hydroxylation is 1. The van der Waals surface area contributed by atoms with Gasteiger partial charge in [0.05, 0.1) is 22.7 Å². The summed E-state index contributed by atoms with van der Waals surface area (Å²) in [6.45, 7) is 1.36. The Morgan fingerprint density at radius 2 is 2.24 bits per heavy atom. The molecule has 1 saturated heterocycles. The van der Waals surface area contributed by atoms with Crippen molar-refractivity contribution in [1.29, 1.82) is 0 Å². The van der Waals surface area contributed by atoms with Gasteiger partial charge >= 0.3 is 0 Å². The number of amides is 1. The fraction of sp³-hybridized carbons (Fsp3) is 0.476. The van der Waals surface area contributed by atoms with E-state index in [2.05, 4.69) is 15.2 Å². The molecule has 0 aromatic carbocycles. The number of rotatable bonds is 5. The van der Waals surface area contributed by atoms with Crippen LogP contribution in [0, 0.1) is 5.92 Å². The van der Waals surface area contributed by atoms with Crippen molar-refractivity contribution >= 4 is 5.91 Å². The molecule has 8 heteroatoms. The van der Waals surface area contributed by atoms with E-state index in [9.17, 15) is 4.79 Å². The number of hydrogen-bond acceptors (Lipinski definition) is 6. The van der Waals surface area contributed by atoms with Crippen LogP contribution in [0.2, 0.25) is 0 Å². The van der Waals surface area contributed by atoms with Gasteiger partial charge in [-0.25, -0.2) is 0 Å². The summed E-state index contributed by atoms with van der Waals surface area (Å²) in [6, 6.07) is 3.77. The van der Waals surface area contributed by atoms with Gasteiger partial charge in [0.2, 0.25) is 0 Å². The number of hydrogen-bond donors (Lipinski definition) is 0. The minimum atomic E-state index is -0.263. The standard InChI is InChI=1S/C21H24N6O2/c1-26-13-17(12-23-26)19(28)27-9-3-7-21(14-27,10-15-5-6-15)20-24-18(29-25-20)16-4-2-8-22-11-16/h2,4,8,11-13,15H,3,5-7,9-10,14H2,1H3. The summed E-state index contributed by atoms with van der Waals surface area (Å²) in [7, 11) is 1.82. The lowest BCUT2D eigenvalue weighted by Gasteiger charge is -2.41. The smallest absolute Gasteiger partial charge is 0.259 e. The summed E-state index contributed by atoms with van der Waals surface area (Å²) in [5, 5.41) is 8.52. The molecule has 8 nitrogen and oxygen atoms in total. The summed E-state index contributed by atoms with van der Waals surface area (Å²) in [6.07, 6.45) is 12.2. The summed E-state index contributed by atoms with van der Waals surface area (Å²) < 4.78 is 7.26. The molecule has 2 fully saturated rings. The average Bonchev–Trinajstić information content (AvgIpc) is 3.23. The molecule has 0 N–H and O–H groups in total. The van der Waals surface area contributed by atoms with Crippen LogP contribution in [0.15, 0.2) is 41.4 Å². The SMILES string of the molecule is Cn1cc(C(=O)N2CCCC(CC3CC3)(c3noc(-c4cccnc4)n3)C2)cn1. The maximum atomic E-state index is 13.1. The van der Waals surface area contributed by atoms with Gasteiger partial charge in [0.15, 0.2) is 5.82 Å². The number of piperidine rings is 1. The van der Waals surface area contributed by atoms with E-state index in [1.54, 1.807) is 29.5 Å². The topological polar surface area (TPSA) is 89.9 Å². The second kappa shape index (κ2) is 7.09. The molecular formula is C21H24N6O2. The van der Waals surface area contributed by atoms with Crippen LogP contribution in [-0.2, 0) is 12.5 Å². The van der Waals surface area contributed by atoms with Crippen LogP contribution >= 0.6 is 0 Å². The van der Waals surface area contributed by atoms with Gasteiger partial charge in [-0.3, -0.25) is 14.5 Å². The highest BCUT2D eigenvalue weighted by atomic mass is 16.5. The predicted molar refractivity (Wildman–Crippen MR) is 105 cm³/mol. The molecule has 1 aliphatic heterocycles. The van der Waals surface area contributed by atoms with Crippen molar-refractivity contribution in [2.24, 2.45) is 13.0 Å². The van der Waals surface area contributed by atoms with E-state index in [4.69, 9.17) is 9.51 Å². The molecule has 1 saturated carbocycles. The average molecular weight is 392 g/mol. The lowest BCUT2D eigenvalue weighted by atomic mass is 9.74. The van der Waals surface area contributed by atoms with Crippen molar-refractivity contribution in [1.82, 2.24) is 29.8 Å². The van der Waals surface area contributed by atoms with Gasteiger partial charge in [-0.15, -0.1) is 0 Å². The number of pyridine rings is 1. The second-order valence-electron chi connectivity index (χ2n) is 8.33. The van der Waals surface area contributed by atoms with Crippen LogP contribution in [0.25, 0.3) is 11.5 Å². The van der Waals surface area contributed by atoms with E-state index in [1.165, 1.54) is 12.8 Å². The van der Waals surface area contributed by atoms with Crippen LogP contribution in [0.4, 0.5) is 0 Å². The number of aromatic nitrogens is 5. The summed E-state index contributed by atoms with van der Waals surface area (Å²) >= 11 is 0. The maximum absolute atomic E-state index is 13.1. The highest BCUT2D eigenvalue weighted by molar-refractivity contribution is 5.93. The van der Waals surface area contributed by atoms with Crippen molar-refractivity contribution in [3.63, 3.8) is 0 Å². The lowest BCUT2D eigenvalue weighted by molar-refractivity contribution is 0.0607. The van der Waals surface area contributed by atoms with Crippen LogP contribution in [0.3, 0.4) is 0 Å². The predicted octanol–water partition coefficient (Wildman–Crippen LogP) is 2.84. The van der Waals surface area contributed by atoms with E-state index in [0.717, 1.165) is 31.4 Å². The molecule has 3 aromatic heterocycles. The van der Waals surface area contributed by atoms with E-state index >= 15 is 0 Å². The molecule has 29 heavy (non-hydrogen) atoms. The first-order chi connectivity index (χ1) is 14.1. The number of likely N-dealkylation sites (tertiary alicyclic amines) is 1. The largest absolute Gasteiger partial charge is 0.338 e. The Morgan fingerprint density at radius 3 is 2.97 bits per heavy atom. The third-order valence-electron chi connectivity index (χ3n) is 6.00. The van der Waals surface area contributed by atoms with Gasteiger partial charge in [-0.2, -0.15) is 10.1 Å². The lowest BCUT2D eigenvalue weighted by Crippen LogP contribution is -2.49. The third-order valence-corrected chi connectivity index (χ3v) is 6.00. The molecule has 3 aromatic rings. The highest BCUT2D eigenvalue weighted by Crippen LogP contribution is 2.46. The Morgan fingerprint density at radius 1 is 1.34 bits per heavy atom. The van der Waals surface area contributed by atoms with E-state index in [1.807, 2.05) is 24.1 Å². The Labute approximate surface area is 168 Å². The molecular weight excluding hydrogens is 368 g/mol. The highest BCUT2D eigenvalue weighted by Gasteiger charge is 2.46. The van der Waals surface area contributed by atoms with Gasteiger partial charge in [-0.1, -0.05) is 18.0 Å². The summed E-state index contributed by atoms with van der Waals surface area (Å²) in [5.74, 6) is 1.91.